The largest absolute Gasteiger partial charge is 0.444 e. The molecule has 2 atom stereocenters. The van der Waals surface area contributed by atoms with E-state index in [0.29, 0.717) is 18.7 Å². The molecule has 3 rings (SSSR count). The number of amides is 2. The maximum atomic E-state index is 14.2. The van der Waals surface area contributed by atoms with Crippen LogP contribution in [0.2, 0.25) is 0 Å². The van der Waals surface area contributed by atoms with Crippen LogP contribution in [0.15, 0.2) is 42.7 Å². The van der Waals surface area contributed by atoms with Gasteiger partial charge in [0.2, 0.25) is 0 Å². The van der Waals surface area contributed by atoms with Crippen molar-refractivity contribution in [2.45, 2.75) is 51.7 Å². The number of methoxy groups -OCH3 is 1. The summed E-state index contributed by atoms with van der Waals surface area (Å²) >= 11 is 0. The first-order valence-electron chi connectivity index (χ1n) is 11.2. The average molecular weight is 457 g/mol. The highest BCUT2D eigenvalue weighted by Crippen LogP contribution is 2.43. The number of aryl methyl sites for hydroxylation is 1. The first-order valence-corrected chi connectivity index (χ1v) is 11.2. The molecule has 1 aliphatic rings. The maximum absolute atomic E-state index is 14.2. The topological polar surface area (TPSA) is 85.7 Å². The highest BCUT2D eigenvalue weighted by molar-refractivity contribution is 5.92. The van der Waals surface area contributed by atoms with Gasteiger partial charge >= 0.3 is 6.09 Å². The molecular weight excluding hydrogens is 420 g/mol. The third-order valence-electron chi connectivity index (χ3n) is 6.07. The zero-order chi connectivity index (χ0) is 24.4. The standard InChI is InChI=1S/C25H36N4O4/c1-23(2,3)33-22(31)27-25(17-32-7,19-11-9-8-10-12-19)21(30)29-15-20(24(4,5)16-29)18-13-26-28(6)14-18/h8-14,20H,15-17H2,1-7H3,(H,27,31). The lowest BCUT2D eigenvalue weighted by Crippen LogP contribution is -2.60. The number of likely N-dealkylation sites (tertiary alicyclic amines) is 1. The normalized spacial score (nSPS) is 19.7. The molecule has 8 nitrogen and oxygen atoms in total. The molecule has 1 fully saturated rings. The molecule has 2 amide bonds. The molecule has 0 radical (unpaired) electrons. The predicted molar refractivity (Wildman–Crippen MR) is 126 cm³/mol. The van der Waals surface area contributed by atoms with Gasteiger partial charge in [0.25, 0.3) is 5.91 Å². The Bertz CT molecular complexity index is 980. The molecule has 1 aromatic heterocycles. The first-order chi connectivity index (χ1) is 15.4. The Hall–Kier alpha value is -2.87. The number of ether oxygens (including phenoxy) is 2. The molecule has 0 bridgehead atoms. The fourth-order valence-corrected chi connectivity index (χ4v) is 4.58. The van der Waals surface area contributed by atoms with E-state index in [0.717, 1.165) is 5.56 Å². The zero-order valence-electron chi connectivity index (χ0n) is 20.7. The molecule has 2 aromatic rings. The van der Waals surface area contributed by atoms with Crippen LogP contribution in [0.25, 0.3) is 0 Å². The second kappa shape index (κ2) is 9.17. The minimum Gasteiger partial charge on any atom is -0.444 e. The average Bonchev–Trinajstić information content (AvgIpc) is 3.28. The number of rotatable bonds is 6. The van der Waals surface area contributed by atoms with Crippen molar-refractivity contribution in [3.8, 4) is 0 Å². The van der Waals surface area contributed by atoms with Crippen LogP contribution < -0.4 is 5.32 Å². The number of hydrogen-bond acceptors (Lipinski definition) is 5. The van der Waals surface area contributed by atoms with Crippen LogP contribution in [0.4, 0.5) is 4.79 Å². The number of carbonyl (C=O) groups is 2. The predicted octanol–water partition coefficient (Wildman–Crippen LogP) is 3.44. The van der Waals surface area contributed by atoms with E-state index in [1.807, 2.05) is 54.7 Å². The second-order valence-corrected chi connectivity index (χ2v) is 10.5. The van der Waals surface area contributed by atoms with Crippen molar-refractivity contribution in [1.29, 1.82) is 0 Å². The lowest BCUT2D eigenvalue weighted by molar-refractivity contribution is -0.140. The Morgan fingerprint density at radius 1 is 1.21 bits per heavy atom. The molecule has 0 spiro atoms. The fraction of sp³-hybridized carbons (Fsp3) is 0.560. The quantitative estimate of drug-likeness (QED) is 0.720. The van der Waals surface area contributed by atoms with Crippen LogP contribution in [0.3, 0.4) is 0 Å². The number of alkyl carbamates (subject to hydrolysis) is 1. The summed E-state index contributed by atoms with van der Waals surface area (Å²) in [5.74, 6) is -0.103. The summed E-state index contributed by atoms with van der Waals surface area (Å²) in [6.07, 6.45) is 3.19. The van der Waals surface area contributed by atoms with Gasteiger partial charge in [-0.05, 0) is 37.3 Å². The first kappa shape index (κ1) is 24.8. The van der Waals surface area contributed by atoms with Crippen LogP contribution in [-0.2, 0) is 26.9 Å². The number of aromatic nitrogens is 2. The van der Waals surface area contributed by atoms with Gasteiger partial charge in [-0.2, -0.15) is 5.10 Å². The Morgan fingerprint density at radius 2 is 1.88 bits per heavy atom. The van der Waals surface area contributed by atoms with E-state index in [1.165, 1.54) is 7.11 Å². The third kappa shape index (κ3) is 5.38. The van der Waals surface area contributed by atoms with Crippen molar-refractivity contribution < 1.29 is 19.1 Å². The van der Waals surface area contributed by atoms with Crippen molar-refractivity contribution in [1.82, 2.24) is 20.0 Å². The summed E-state index contributed by atoms with van der Waals surface area (Å²) in [5.41, 5.74) is -0.553. The summed E-state index contributed by atoms with van der Waals surface area (Å²) < 4.78 is 12.8. The van der Waals surface area contributed by atoms with E-state index in [4.69, 9.17) is 9.47 Å². The SMILES string of the molecule is COCC(NC(=O)OC(C)(C)C)(C(=O)N1CC(c2cnn(C)c2)C(C)(C)C1)c1ccccc1. The summed E-state index contributed by atoms with van der Waals surface area (Å²) in [7, 11) is 3.41. The molecule has 0 saturated carbocycles. The smallest absolute Gasteiger partial charge is 0.408 e. The second-order valence-electron chi connectivity index (χ2n) is 10.5. The molecule has 1 aliphatic heterocycles. The van der Waals surface area contributed by atoms with Gasteiger partial charge in [0.1, 0.15) is 5.60 Å². The molecular formula is C25H36N4O4. The molecule has 33 heavy (non-hydrogen) atoms. The van der Waals surface area contributed by atoms with E-state index in [9.17, 15) is 9.59 Å². The number of carbonyl (C=O) groups excluding carboxylic acids is 2. The highest BCUT2D eigenvalue weighted by Gasteiger charge is 2.50. The van der Waals surface area contributed by atoms with Gasteiger partial charge in [0.05, 0.1) is 12.8 Å². The fourth-order valence-electron chi connectivity index (χ4n) is 4.58. The van der Waals surface area contributed by atoms with Crippen molar-refractivity contribution >= 4 is 12.0 Å². The van der Waals surface area contributed by atoms with Crippen LogP contribution in [0.5, 0.6) is 0 Å². The number of nitrogens with zero attached hydrogens (tertiary/aromatic N) is 3. The maximum Gasteiger partial charge on any atom is 0.408 e. The number of nitrogens with one attached hydrogen (secondary N) is 1. The summed E-state index contributed by atoms with van der Waals surface area (Å²) in [6, 6.07) is 9.21. The van der Waals surface area contributed by atoms with E-state index in [1.54, 1.807) is 25.5 Å². The van der Waals surface area contributed by atoms with Crippen molar-refractivity contribution in [2.75, 3.05) is 26.8 Å². The minimum absolute atomic E-state index is 0.0242. The van der Waals surface area contributed by atoms with Gasteiger partial charge in [0.15, 0.2) is 5.54 Å². The summed E-state index contributed by atoms with van der Waals surface area (Å²) in [6.45, 7) is 10.7. The van der Waals surface area contributed by atoms with E-state index in [-0.39, 0.29) is 23.8 Å². The van der Waals surface area contributed by atoms with E-state index in [2.05, 4.69) is 24.3 Å². The van der Waals surface area contributed by atoms with Gasteiger partial charge in [-0.1, -0.05) is 44.2 Å². The van der Waals surface area contributed by atoms with Crippen LogP contribution >= 0.6 is 0 Å². The molecule has 8 heteroatoms. The van der Waals surface area contributed by atoms with Gasteiger partial charge in [-0.25, -0.2) is 4.79 Å². The molecule has 0 aliphatic carbocycles. The van der Waals surface area contributed by atoms with Crippen LogP contribution in [0.1, 0.15) is 51.7 Å². The number of benzene rings is 1. The Balaban J connectivity index is 1.99. The van der Waals surface area contributed by atoms with Crippen LogP contribution in [0, 0.1) is 5.41 Å². The summed E-state index contributed by atoms with van der Waals surface area (Å²) in [4.78, 5) is 28.9. The molecule has 1 aromatic carbocycles. The Labute approximate surface area is 196 Å². The van der Waals surface area contributed by atoms with Crippen molar-refractivity contribution in [3.63, 3.8) is 0 Å². The minimum atomic E-state index is -1.42. The van der Waals surface area contributed by atoms with E-state index < -0.39 is 17.2 Å². The highest BCUT2D eigenvalue weighted by atomic mass is 16.6. The van der Waals surface area contributed by atoms with Gasteiger partial charge in [-0.15, -0.1) is 0 Å². The monoisotopic (exact) mass is 456 g/mol. The Morgan fingerprint density at radius 3 is 2.42 bits per heavy atom. The lowest BCUT2D eigenvalue weighted by atomic mass is 9.79. The van der Waals surface area contributed by atoms with Crippen LogP contribution in [-0.4, -0.2) is 59.1 Å². The van der Waals surface area contributed by atoms with Gasteiger partial charge in [0, 0.05) is 39.4 Å². The van der Waals surface area contributed by atoms with Gasteiger partial charge in [-0.3, -0.25) is 9.48 Å². The van der Waals surface area contributed by atoms with E-state index >= 15 is 0 Å². The van der Waals surface area contributed by atoms with Gasteiger partial charge < -0.3 is 19.7 Å². The third-order valence-corrected chi connectivity index (χ3v) is 6.07. The molecule has 1 saturated heterocycles. The zero-order valence-corrected chi connectivity index (χ0v) is 20.7. The van der Waals surface area contributed by atoms with Crippen molar-refractivity contribution in [3.05, 3.63) is 53.9 Å². The Kier molecular flexibility index (Phi) is 6.88. The number of hydrogen-bond donors (Lipinski definition) is 1. The summed E-state index contributed by atoms with van der Waals surface area (Å²) in [5, 5.41) is 7.19. The molecule has 2 unspecified atom stereocenters. The molecule has 1 N–H and O–H groups in total. The lowest BCUT2D eigenvalue weighted by Gasteiger charge is -2.37. The molecule has 180 valence electrons. The van der Waals surface area contributed by atoms with Crippen molar-refractivity contribution in [2.24, 2.45) is 12.5 Å². The molecule has 2 heterocycles.